The smallest absolute Gasteiger partial charge is 0.347 e. The van der Waals surface area contributed by atoms with Crippen LogP contribution in [0.15, 0.2) is 96.4 Å². The zero-order valence-electron chi connectivity index (χ0n) is 19.1. The molecule has 0 aliphatic rings. The highest BCUT2D eigenvalue weighted by atomic mass is 79.9. The highest BCUT2D eigenvalue weighted by Gasteiger charge is 2.19. The topological polar surface area (TPSA) is 91.4 Å². The first kappa shape index (κ1) is 24.0. The van der Waals surface area contributed by atoms with E-state index in [4.69, 9.17) is 9.15 Å². The van der Waals surface area contributed by atoms with Crippen LogP contribution in [0.3, 0.4) is 0 Å². The van der Waals surface area contributed by atoms with Gasteiger partial charge in [0, 0.05) is 9.86 Å². The lowest BCUT2D eigenvalue weighted by atomic mass is 10.1. The predicted molar refractivity (Wildman–Crippen MR) is 144 cm³/mol. The van der Waals surface area contributed by atoms with Gasteiger partial charge >= 0.3 is 5.63 Å². The third-order valence-corrected chi connectivity index (χ3v) is 6.85. The largest absolute Gasteiger partial charge is 0.490 e. The van der Waals surface area contributed by atoms with Crippen LogP contribution in [-0.4, -0.2) is 27.7 Å². The van der Waals surface area contributed by atoms with E-state index < -0.39 is 11.4 Å². The van der Waals surface area contributed by atoms with E-state index in [0.29, 0.717) is 39.5 Å². The zero-order valence-corrected chi connectivity index (χ0v) is 21.5. The number of carbonyl (C=O) groups is 1. The second kappa shape index (κ2) is 10.1. The Hall–Kier alpha value is -3.69. The van der Waals surface area contributed by atoms with E-state index in [9.17, 15) is 14.4 Å². The number of halogens is 1. The van der Waals surface area contributed by atoms with Gasteiger partial charge in [0.05, 0.1) is 29.0 Å². The van der Waals surface area contributed by atoms with Crippen molar-refractivity contribution >= 4 is 55.3 Å². The number of para-hydroxylation sites is 2. The molecule has 7 nitrogen and oxygen atoms in total. The van der Waals surface area contributed by atoms with Gasteiger partial charge in [-0.05, 0) is 49.4 Å². The summed E-state index contributed by atoms with van der Waals surface area (Å²) in [7, 11) is 0. The van der Waals surface area contributed by atoms with Gasteiger partial charge in [-0.15, -0.1) is 0 Å². The van der Waals surface area contributed by atoms with Crippen LogP contribution in [0.25, 0.3) is 27.6 Å². The van der Waals surface area contributed by atoms with Crippen LogP contribution in [0, 0.1) is 0 Å². The molecule has 0 fully saturated rings. The quantitative estimate of drug-likeness (QED) is 0.110. The summed E-state index contributed by atoms with van der Waals surface area (Å²) in [5, 5.41) is 1.39. The van der Waals surface area contributed by atoms with Crippen LogP contribution in [0.5, 0.6) is 5.75 Å². The van der Waals surface area contributed by atoms with Crippen LogP contribution < -0.4 is 15.9 Å². The van der Waals surface area contributed by atoms with E-state index in [0.717, 1.165) is 16.2 Å². The molecule has 0 spiro atoms. The molecule has 0 N–H and O–H groups in total. The van der Waals surface area contributed by atoms with Crippen molar-refractivity contribution in [1.82, 2.24) is 9.55 Å². The molecule has 5 rings (SSSR count). The summed E-state index contributed by atoms with van der Waals surface area (Å²) in [4.78, 5) is 43.8. The van der Waals surface area contributed by atoms with E-state index in [-0.39, 0.29) is 22.5 Å². The molecule has 0 amide bonds. The molecular formula is C27H19BrN2O5S. The van der Waals surface area contributed by atoms with Crippen LogP contribution in [-0.2, 0) is 0 Å². The van der Waals surface area contributed by atoms with Crippen LogP contribution in [0.1, 0.15) is 17.3 Å². The van der Waals surface area contributed by atoms with Crippen LogP contribution in [0.4, 0.5) is 0 Å². The third-order valence-electron chi connectivity index (χ3n) is 5.45. The number of benzene rings is 3. The Morgan fingerprint density at radius 2 is 1.81 bits per heavy atom. The average molecular weight is 563 g/mol. The maximum absolute atomic E-state index is 13.3. The molecule has 0 unspecified atom stereocenters. The second-order valence-corrected chi connectivity index (χ2v) is 9.66. The summed E-state index contributed by atoms with van der Waals surface area (Å²) in [5.41, 5.74) is 0.384. The van der Waals surface area contributed by atoms with Crippen LogP contribution >= 0.6 is 27.7 Å². The molecule has 0 aliphatic carbocycles. The van der Waals surface area contributed by atoms with E-state index in [1.807, 2.05) is 25.1 Å². The predicted octanol–water partition coefficient (Wildman–Crippen LogP) is 5.63. The van der Waals surface area contributed by atoms with Crippen LogP contribution in [0.2, 0.25) is 0 Å². The lowest BCUT2D eigenvalue weighted by Gasteiger charge is -2.13. The van der Waals surface area contributed by atoms with Gasteiger partial charge in [0.2, 0.25) is 0 Å². The number of aromatic nitrogens is 2. The fourth-order valence-corrected chi connectivity index (χ4v) is 5.20. The molecule has 2 aromatic heterocycles. The Kier molecular flexibility index (Phi) is 6.75. The Bertz CT molecular complexity index is 1730. The lowest BCUT2D eigenvalue weighted by Crippen LogP contribution is -2.22. The Morgan fingerprint density at radius 3 is 2.58 bits per heavy atom. The Balaban J connectivity index is 1.53. The average Bonchev–Trinajstić information content (AvgIpc) is 2.88. The van der Waals surface area contributed by atoms with E-state index >= 15 is 0 Å². The second-order valence-electron chi connectivity index (χ2n) is 7.80. The molecule has 0 saturated heterocycles. The molecule has 2 heterocycles. The monoisotopic (exact) mass is 562 g/mol. The fraction of sp³-hybridized carbons (Fsp3) is 0.111. The van der Waals surface area contributed by atoms with Gasteiger partial charge < -0.3 is 9.15 Å². The Morgan fingerprint density at radius 1 is 1.06 bits per heavy atom. The van der Waals surface area contributed by atoms with Crippen molar-refractivity contribution in [3.05, 3.63) is 104 Å². The minimum absolute atomic E-state index is 0.0788. The van der Waals surface area contributed by atoms with Gasteiger partial charge in [-0.25, -0.2) is 9.78 Å². The van der Waals surface area contributed by atoms with Gasteiger partial charge in [-0.3, -0.25) is 14.2 Å². The number of fused-ring (bicyclic) bond motifs is 2. The first-order valence-corrected chi connectivity index (χ1v) is 12.9. The van der Waals surface area contributed by atoms with Crippen molar-refractivity contribution in [2.45, 2.75) is 12.1 Å². The van der Waals surface area contributed by atoms with Crippen molar-refractivity contribution in [3.63, 3.8) is 0 Å². The number of rotatable bonds is 7. The van der Waals surface area contributed by atoms with Crippen molar-refractivity contribution in [1.29, 1.82) is 0 Å². The number of nitrogens with zero attached hydrogens (tertiary/aromatic N) is 2. The van der Waals surface area contributed by atoms with Gasteiger partial charge in [-0.2, -0.15) is 0 Å². The molecule has 0 atom stereocenters. The number of thioether (sulfide) groups is 1. The maximum atomic E-state index is 13.3. The first-order valence-electron chi connectivity index (χ1n) is 11.1. The highest BCUT2D eigenvalue weighted by Crippen LogP contribution is 2.30. The number of Topliss-reactive ketones (excluding diaryl/α,β-unsaturated/α-hetero) is 1. The fourth-order valence-electron chi connectivity index (χ4n) is 3.85. The Labute approximate surface area is 217 Å². The summed E-state index contributed by atoms with van der Waals surface area (Å²) >= 11 is 4.51. The molecular weight excluding hydrogens is 544 g/mol. The molecule has 5 aromatic rings. The van der Waals surface area contributed by atoms with Crippen molar-refractivity contribution in [2.24, 2.45) is 0 Å². The number of carbonyl (C=O) groups excluding carboxylic acids is 1. The molecule has 0 bridgehead atoms. The van der Waals surface area contributed by atoms with E-state index in [1.54, 1.807) is 48.5 Å². The normalized spacial score (nSPS) is 11.2. The number of hydrogen-bond acceptors (Lipinski definition) is 7. The number of ether oxygens (including phenoxy) is 1. The molecule has 9 heteroatoms. The lowest BCUT2D eigenvalue weighted by molar-refractivity contribution is 0.101. The maximum Gasteiger partial charge on any atom is 0.347 e. The summed E-state index contributed by atoms with van der Waals surface area (Å²) in [6.45, 7) is 2.23. The third kappa shape index (κ3) is 4.59. The summed E-state index contributed by atoms with van der Waals surface area (Å²) in [6, 6.07) is 21.1. The van der Waals surface area contributed by atoms with Crippen molar-refractivity contribution in [2.75, 3.05) is 12.4 Å². The molecule has 0 radical (unpaired) electrons. The number of ketones is 1. The summed E-state index contributed by atoms with van der Waals surface area (Å²) < 4.78 is 13.3. The summed E-state index contributed by atoms with van der Waals surface area (Å²) in [5.74, 6) is -0.129. The zero-order chi connectivity index (χ0) is 25.2. The standard InChI is InChI=1S/C27H19BrN2O5S/c1-2-34-23-14-17(28)12-16-13-20(26(33)35-24(16)23)22(31)15-36-27-29-21-11-7-6-10-19(21)25(32)30(27)18-8-4-3-5-9-18/h3-14H,2,15H2,1H3. The van der Waals surface area contributed by atoms with Gasteiger partial charge in [0.15, 0.2) is 22.3 Å². The molecule has 36 heavy (non-hydrogen) atoms. The molecule has 3 aromatic carbocycles. The molecule has 0 saturated carbocycles. The van der Waals surface area contributed by atoms with E-state index in [1.165, 1.54) is 10.6 Å². The van der Waals surface area contributed by atoms with Gasteiger partial charge in [-0.1, -0.05) is 58.0 Å². The SMILES string of the molecule is CCOc1cc(Br)cc2cc(C(=O)CSc3nc4ccccc4c(=O)n3-c3ccccc3)c(=O)oc12. The number of hydrogen-bond donors (Lipinski definition) is 0. The van der Waals surface area contributed by atoms with Gasteiger partial charge in [0.1, 0.15) is 5.56 Å². The van der Waals surface area contributed by atoms with Crippen molar-refractivity contribution in [3.8, 4) is 11.4 Å². The van der Waals surface area contributed by atoms with E-state index in [2.05, 4.69) is 20.9 Å². The molecule has 0 aliphatic heterocycles. The summed E-state index contributed by atoms with van der Waals surface area (Å²) in [6.07, 6.45) is 0. The molecule has 180 valence electrons. The first-order chi connectivity index (χ1) is 17.5. The minimum atomic E-state index is -0.747. The van der Waals surface area contributed by atoms with Crippen molar-refractivity contribution < 1.29 is 13.9 Å². The minimum Gasteiger partial charge on any atom is -0.490 e. The van der Waals surface area contributed by atoms with Gasteiger partial charge in [0.25, 0.3) is 5.56 Å². The highest BCUT2D eigenvalue weighted by molar-refractivity contribution is 9.10.